The minimum Gasteiger partial charge on any atom is -0.465 e. The summed E-state index contributed by atoms with van der Waals surface area (Å²) in [5.41, 5.74) is 2.04. The van der Waals surface area contributed by atoms with E-state index in [-0.39, 0.29) is 12.1 Å². The highest BCUT2D eigenvalue weighted by Crippen LogP contribution is 2.32. The van der Waals surface area contributed by atoms with Gasteiger partial charge in [-0.05, 0) is 63.3 Å². The lowest BCUT2D eigenvalue weighted by atomic mass is 9.95. The van der Waals surface area contributed by atoms with Gasteiger partial charge in [0.2, 0.25) is 10.0 Å². The van der Waals surface area contributed by atoms with E-state index in [0.29, 0.717) is 12.1 Å². The Morgan fingerprint density at radius 2 is 1.75 bits per heavy atom. The zero-order valence-electron chi connectivity index (χ0n) is 23.7. The van der Waals surface area contributed by atoms with Crippen LogP contribution in [0.1, 0.15) is 69.1 Å². The van der Waals surface area contributed by atoms with Gasteiger partial charge in [-0.1, -0.05) is 42.5 Å². The van der Waals surface area contributed by atoms with Crippen LogP contribution in [0.2, 0.25) is 0 Å². The largest absolute Gasteiger partial charge is 0.465 e. The van der Waals surface area contributed by atoms with Gasteiger partial charge in [0.05, 0.1) is 18.3 Å². The Labute approximate surface area is 237 Å². The van der Waals surface area contributed by atoms with Gasteiger partial charge in [-0.25, -0.2) is 22.9 Å². The van der Waals surface area contributed by atoms with Crippen LogP contribution in [-0.2, 0) is 16.4 Å². The first-order chi connectivity index (χ1) is 18.9. The van der Waals surface area contributed by atoms with E-state index in [0.717, 1.165) is 62.1 Å². The van der Waals surface area contributed by atoms with Crippen molar-refractivity contribution in [2.24, 2.45) is 0 Å². The topological polar surface area (TPSA) is 121 Å². The van der Waals surface area contributed by atoms with Crippen molar-refractivity contribution in [3.05, 3.63) is 77.9 Å². The van der Waals surface area contributed by atoms with E-state index in [1.165, 1.54) is 0 Å². The SMILES string of the molecule is CC(C)(C)N(C(=O)O)[C@@H](CCN1CCC(n2cnc(Cc3ccc(NS(C)(=O)=O)cc3)n2)CC1)c1ccccc1. The van der Waals surface area contributed by atoms with Gasteiger partial charge < -0.3 is 10.0 Å². The fourth-order valence-corrected chi connectivity index (χ4v) is 5.94. The van der Waals surface area contributed by atoms with Crippen molar-refractivity contribution in [3.8, 4) is 0 Å². The predicted octanol–water partition coefficient (Wildman–Crippen LogP) is 4.79. The molecule has 2 N–H and O–H groups in total. The van der Waals surface area contributed by atoms with Crippen LogP contribution >= 0.6 is 0 Å². The van der Waals surface area contributed by atoms with Gasteiger partial charge in [-0.15, -0.1) is 0 Å². The number of nitrogens with zero attached hydrogens (tertiary/aromatic N) is 5. The number of nitrogens with one attached hydrogen (secondary N) is 1. The monoisotopic (exact) mass is 568 g/mol. The summed E-state index contributed by atoms with van der Waals surface area (Å²) in [7, 11) is -3.30. The van der Waals surface area contributed by atoms with Gasteiger partial charge in [0, 0.05) is 37.3 Å². The van der Waals surface area contributed by atoms with Crippen molar-refractivity contribution < 1.29 is 18.3 Å². The normalized spacial score (nSPS) is 16.0. The maximum atomic E-state index is 12.3. The van der Waals surface area contributed by atoms with Crippen LogP contribution in [0.5, 0.6) is 0 Å². The molecule has 0 saturated carbocycles. The van der Waals surface area contributed by atoms with E-state index in [2.05, 4.69) is 14.6 Å². The first kappa shape index (κ1) is 29.5. The number of carbonyl (C=O) groups is 1. The third kappa shape index (κ3) is 8.04. The molecule has 1 aromatic heterocycles. The van der Waals surface area contributed by atoms with Crippen molar-refractivity contribution in [3.63, 3.8) is 0 Å². The Hall–Kier alpha value is -3.44. The molecule has 1 aliphatic rings. The molecule has 4 rings (SSSR count). The molecule has 0 aliphatic carbocycles. The number of aromatic nitrogens is 3. The van der Waals surface area contributed by atoms with Crippen LogP contribution in [-0.4, -0.2) is 75.6 Å². The molecule has 1 amide bonds. The van der Waals surface area contributed by atoms with Crippen molar-refractivity contribution in [2.75, 3.05) is 30.6 Å². The molecule has 11 heteroatoms. The third-order valence-corrected chi connectivity index (χ3v) is 7.86. The number of hydrogen-bond donors (Lipinski definition) is 2. The molecule has 1 aliphatic heterocycles. The van der Waals surface area contributed by atoms with E-state index >= 15 is 0 Å². The van der Waals surface area contributed by atoms with Crippen LogP contribution in [0.25, 0.3) is 0 Å². The highest BCUT2D eigenvalue weighted by molar-refractivity contribution is 7.92. The lowest BCUT2D eigenvalue weighted by molar-refractivity contribution is 0.0600. The van der Waals surface area contributed by atoms with Gasteiger partial charge in [0.1, 0.15) is 6.33 Å². The molecule has 216 valence electrons. The highest BCUT2D eigenvalue weighted by atomic mass is 32.2. The molecule has 10 nitrogen and oxygen atoms in total. The lowest BCUT2D eigenvalue weighted by Crippen LogP contribution is -2.48. The Morgan fingerprint density at radius 1 is 1.10 bits per heavy atom. The second-order valence-electron chi connectivity index (χ2n) is 11.5. The quantitative estimate of drug-likeness (QED) is 0.361. The zero-order chi connectivity index (χ0) is 28.9. The Morgan fingerprint density at radius 3 is 2.33 bits per heavy atom. The standard InChI is InChI=1S/C29H40N6O4S/c1-29(2,3)35(28(36)37)26(23-8-6-5-7-9-23)16-19-33-17-14-25(15-18-33)34-21-30-27(31-34)20-22-10-12-24(13-11-22)32-40(4,38)39/h5-13,21,25-26,32H,14-20H2,1-4H3,(H,36,37)/t26-/m0/s1. The average molecular weight is 569 g/mol. The summed E-state index contributed by atoms with van der Waals surface area (Å²) in [6.45, 7) is 8.48. The van der Waals surface area contributed by atoms with Crippen LogP contribution in [0.4, 0.5) is 10.5 Å². The summed E-state index contributed by atoms with van der Waals surface area (Å²) >= 11 is 0. The van der Waals surface area contributed by atoms with Crippen LogP contribution in [0, 0.1) is 0 Å². The maximum Gasteiger partial charge on any atom is 0.408 e. The smallest absolute Gasteiger partial charge is 0.408 e. The zero-order valence-corrected chi connectivity index (χ0v) is 24.5. The van der Waals surface area contributed by atoms with E-state index in [9.17, 15) is 18.3 Å². The minimum atomic E-state index is -3.30. The van der Waals surface area contributed by atoms with Gasteiger partial charge in [0.15, 0.2) is 5.82 Å². The molecule has 1 atom stereocenters. The molecule has 0 unspecified atom stereocenters. The number of carboxylic acid groups (broad SMARTS) is 1. The number of sulfonamides is 1. The molecule has 2 aromatic carbocycles. The number of anilines is 1. The minimum absolute atomic E-state index is 0.217. The molecular weight excluding hydrogens is 528 g/mol. The number of benzene rings is 2. The number of amides is 1. The Bertz CT molecular complexity index is 1360. The Balaban J connectivity index is 1.32. The summed E-state index contributed by atoms with van der Waals surface area (Å²) in [5, 5.41) is 14.8. The average Bonchev–Trinajstić information content (AvgIpc) is 3.35. The summed E-state index contributed by atoms with van der Waals surface area (Å²) in [4.78, 5) is 20.8. The number of hydrogen-bond acceptors (Lipinski definition) is 6. The van der Waals surface area contributed by atoms with Gasteiger partial charge >= 0.3 is 6.09 Å². The summed E-state index contributed by atoms with van der Waals surface area (Å²) in [6.07, 6.45) is 5.23. The predicted molar refractivity (Wildman–Crippen MR) is 156 cm³/mol. The Kier molecular flexibility index (Phi) is 9.15. The molecule has 0 bridgehead atoms. The second kappa shape index (κ2) is 12.4. The molecule has 0 radical (unpaired) electrons. The van der Waals surface area contributed by atoms with Crippen LogP contribution < -0.4 is 4.72 Å². The molecular formula is C29H40N6O4S. The summed E-state index contributed by atoms with van der Waals surface area (Å²) < 4.78 is 27.2. The van der Waals surface area contributed by atoms with Crippen molar-refractivity contribution in [1.82, 2.24) is 24.6 Å². The van der Waals surface area contributed by atoms with Gasteiger partial charge in [-0.3, -0.25) is 9.62 Å². The molecule has 0 spiro atoms. The molecule has 40 heavy (non-hydrogen) atoms. The van der Waals surface area contributed by atoms with Crippen LogP contribution in [0.15, 0.2) is 60.9 Å². The van der Waals surface area contributed by atoms with E-state index in [4.69, 9.17) is 5.10 Å². The van der Waals surface area contributed by atoms with Gasteiger partial charge in [-0.2, -0.15) is 5.10 Å². The number of likely N-dealkylation sites (tertiary alicyclic amines) is 1. The van der Waals surface area contributed by atoms with E-state index in [1.807, 2.05) is 67.9 Å². The molecule has 2 heterocycles. The first-order valence-corrected chi connectivity index (χ1v) is 15.5. The fraction of sp³-hybridized carbons (Fsp3) is 0.483. The van der Waals surface area contributed by atoms with Crippen LogP contribution in [0.3, 0.4) is 0 Å². The van der Waals surface area contributed by atoms with Crippen molar-refractivity contribution >= 4 is 21.8 Å². The molecule has 3 aromatic rings. The number of rotatable bonds is 10. The first-order valence-electron chi connectivity index (χ1n) is 13.7. The van der Waals surface area contributed by atoms with Crippen molar-refractivity contribution in [2.45, 2.75) is 64.1 Å². The van der Waals surface area contributed by atoms with Crippen molar-refractivity contribution in [1.29, 1.82) is 0 Å². The maximum absolute atomic E-state index is 12.3. The van der Waals surface area contributed by atoms with E-state index < -0.39 is 21.7 Å². The third-order valence-electron chi connectivity index (χ3n) is 7.25. The number of piperidine rings is 1. The molecule has 1 saturated heterocycles. The van der Waals surface area contributed by atoms with Gasteiger partial charge in [0.25, 0.3) is 0 Å². The second-order valence-corrected chi connectivity index (χ2v) is 13.2. The summed E-state index contributed by atoms with van der Waals surface area (Å²) in [5.74, 6) is 0.730. The molecule has 1 fully saturated rings. The fourth-order valence-electron chi connectivity index (χ4n) is 5.38. The van der Waals surface area contributed by atoms with E-state index in [1.54, 1.807) is 23.4 Å². The lowest BCUT2D eigenvalue weighted by Gasteiger charge is -2.41. The highest BCUT2D eigenvalue weighted by Gasteiger charge is 2.34. The summed E-state index contributed by atoms with van der Waals surface area (Å²) in [6, 6.07) is 17.2.